The Morgan fingerprint density at radius 3 is 2.83 bits per heavy atom. The minimum Gasteiger partial charge on any atom is -0.395 e. The molecule has 18 heavy (non-hydrogen) atoms. The molecule has 0 aromatic carbocycles. The molecule has 5 heteroatoms. The molecule has 0 saturated heterocycles. The van der Waals surface area contributed by atoms with Gasteiger partial charge in [-0.1, -0.05) is 13.0 Å². The summed E-state index contributed by atoms with van der Waals surface area (Å²) < 4.78 is 0. The Balaban J connectivity index is 2.45. The summed E-state index contributed by atoms with van der Waals surface area (Å²) in [6.45, 7) is 6.96. The Labute approximate surface area is 112 Å². The predicted molar refractivity (Wildman–Crippen MR) is 74.8 cm³/mol. The van der Waals surface area contributed by atoms with Gasteiger partial charge in [0.05, 0.1) is 13.2 Å². The minimum absolute atomic E-state index is 0.0414. The number of carbonyl (C=O) groups excluding carboxylic acids is 1. The van der Waals surface area contributed by atoms with Gasteiger partial charge in [-0.3, -0.25) is 0 Å². The lowest BCUT2D eigenvalue weighted by atomic mass is 10.3. The molecule has 0 spiro atoms. The average Bonchev–Trinajstić information content (AvgIpc) is 2.83. The molecule has 0 aliphatic carbocycles. The molecule has 0 aliphatic rings. The zero-order valence-electron chi connectivity index (χ0n) is 10.7. The van der Waals surface area contributed by atoms with Crippen LogP contribution in [0.5, 0.6) is 0 Å². The van der Waals surface area contributed by atoms with Crippen LogP contribution in [-0.2, 0) is 13.0 Å². The summed E-state index contributed by atoms with van der Waals surface area (Å²) in [5.41, 5.74) is 0. The number of thiophene rings is 1. The summed E-state index contributed by atoms with van der Waals surface area (Å²) in [6.07, 6.45) is 2.67. The second-order valence-electron chi connectivity index (χ2n) is 3.84. The van der Waals surface area contributed by atoms with Crippen LogP contribution in [0.2, 0.25) is 0 Å². The van der Waals surface area contributed by atoms with Crippen molar-refractivity contribution in [2.45, 2.75) is 19.9 Å². The number of nitrogens with one attached hydrogen (secondary N) is 1. The van der Waals surface area contributed by atoms with E-state index in [4.69, 9.17) is 5.11 Å². The Morgan fingerprint density at radius 2 is 2.28 bits per heavy atom. The molecule has 2 N–H and O–H groups in total. The van der Waals surface area contributed by atoms with Crippen molar-refractivity contribution in [3.8, 4) is 0 Å². The van der Waals surface area contributed by atoms with Gasteiger partial charge in [0, 0.05) is 22.8 Å². The molecule has 1 heterocycles. The second kappa shape index (κ2) is 7.89. The van der Waals surface area contributed by atoms with Gasteiger partial charge in [-0.2, -0.15) is 0 Å². The zero-order valence-corrected chi connectivity index (χ0v) is 11.5. The number of aliphatic hydroxyl groups excluding tert-OH is 1. The molecule has 4 nitrogen and oxygen atoms in total. The average molecular weight is 268 g/mol. The van der Waals surface area contributed by atoms with Crippen molar-refractivity contribution in [1.82, 2.24) is 10.2 Å². The Hall–Kier alpha value is -1.33. The molecule has 0 fully saturated rings. The Morgan fingerprint density at radius 1 is 1.56 bits per heavy atom. The van der Waals surface area contributed by atoms with Crippen LogP contribution >= 0.6 is 11.3 Å². The molecular weight excluding hydrogens is 248 g/mol. The smallest absolute Gasteiger partial charge is 0.318 e. The third-order valence-electron chi connectivity index (χ3n) is 2.49. The Kier molecular flexibility index (Phi) is 6.46. The number of rotatable bonds is 7. The van der Waals surface area contributed by atoms with Gasteiger partial charge < -0.3 is 15.3 Å². The van der Waals surface area contributed by atoms with Crippen LogP contribution in [0.15, 0.2) is 24.8 Å². The van der Waals surface area contributed by atoms with Gasteiger partial charge in [0.1, 0.15) is 0 Å². The first kappa shape index (κ1) is 14.7. The number of hydrogen-bond acceptors (Lipinski definition) is 3. The number of urea groups is 1. The number of amides is 2. The molecular formula is C13H20N2O2S. The van der Waals surface area contributed by atoms with Crippen LogP contribution in [0.3, 0.4) is 0 Å². The zero-order chi connectivity index (χ0) is 13.4. The van der Waals surface area contributed by atoms with E-state index in [1.165, 1.54) is 9.78 Å². The number of hydrogen-bond donors (Lipinski definition) is 2. The van der Waals surface area contributed by atoms with Crippen molar-refractivity contribution in [1.29, 1.82) is 0 Å². The molecule has 0 unspecified atom stereocenters. The number of nitrogens with zero attached hydrogens (tertiary/aromatic N) is 1. The number of carbonyl (C=O) groups is 1. The van der Waals surface area contributed by atoms with E-state index >= 15 is 0 Å². The van der Waals surface area contributed by atoms with Gasteiger partial charge in [-0.05, 0) is 18.6 Å². The summed E-state index contributed by atoms with van der Waals surface area (Å²) in [7, 11) is 0. The summed E-state index contributed by atoms with van der Waals surface area (Å²) in [5, 5.41) is 11.7. The van der Waals surface area contributed by atoms with Gasteiger partial charge in [0.15, 0.2) is 0 Å². The summed E-state index contributed by atoms with van der Waals surface area (Å²) in [6, 6.07) is 3.95. The van der Waals surface area contributed by atoms with Crippen molar-refractivity contribution >= 4 is 17.4 Å². The van der Waals surface area contributed by atoms with Gasteiger partial charge in [-0.25, -0.2) is 4.79 Å². The number of aryl methyl sites for hydroxylation is 1. The largest absolute Gasteiger partial charge is 0.395 e. The SMILES string of the molecule is C=CCN(CCO)C(=O)NCc1ccc(CC)s1. The molecule has 2 amide bonds. The first-order chi connectivity index (χ1) is 8.71. The van der Waals surface area contributed by atoms with Crippen molar-refractivity contribution in [2.75, 3.05) is 19.7 Å². The van der Waals surface area contributed by atoms with E-state index in [1.54, 1.807) is 17.4 Å². The minimum atomic E-state index is -0.171. The monoisotopic (exact) mass is 268 g/mol. The molecule has 0 bridgehead atoms. The highest BCUT2D eigenvalue weighted by atomic mass is 32.1. The normalized spacial score (nSPS) is 10.1. The fourth-order valence-corrected chi connectivity index (χ4v) is 2.43. The maximum Gasteiger partial charge on any atom is 0.318 e. The molecule has 0 saturated carbocycles. The third-order valence-corrected chi connectivity index (χ3v) is 3.72. The summed E-state index contributed by atoms with van der Waals surface area (Å²) >= 11 is 1.71. The quantitative estimate of drug-likeness (QED) is 0.743. The van der Waals surface area contributed by atoms with Crippen molar-refractivity contribution in [3.63, 3.8) is 0 Å². The first-order valence-corrected chi connectivity index (χ1v) is 6.85. The fraction of sp³-hybridized carbons (Fsp3) is 0.462. The van der Waals surface area contributed by atoms with Crippen molar-refractivity contribution in [2.24, 2.45) is 0 Å². The van der Waals surface area contributed by atoms with E-state index in [9.17, 15) is 4.79 Å². The molecule has 0 atom stereocenters. The maximum absolute atomic E-state index is 11.8. The second-order valence-corrected chi connectivity index (χ2v) is 5.09. The van der Waals surface area contributed by atoms with Crippen LogP contribution in [0.25, 0.3) is 0 Å². The highest BCUT2D eigenvalue weighted by molar-refractivity contribution is 7.11. The standard InChI is InChI=1S/C13H20N2O2S/c1-3-7-15(8-9-16)13(17)14-10-12-6-5-11(4-2)18-12/h3,5-6,16H,1,4,7-10H2,2H3,(H,14,17). The molecule has 1 aromatic rings. The third kappa shape index (κ3) is 4.50. The Bertz CT molecular complexity index is 390. The predicted octanol–water partition coefficient (Wildman–Crippen LogP) is 2.00. The van der Waals surface area contributed by atoms with Gasteiger partial charge in [0.25, 0.3) is 0 Å². The van der Waals surface area contributed by atoms with E-state index in [1.807, 2.05) is 6.07 Å². The molecule has 1 rings (SSSR count). The lowest BCUT2D eigenvalue weighted by molar-refractivity contribution is 0.183. The summed E-state index contributed by atoms with van der Waals surface area (Å²) in [4.78, 5) is 15.8. The summed E-state index contributed by atoms with van der Waals surface area (Å²) in [5.74, 6) is 0. The van der Waals surface area contributed by atoms with Crippen LogP contribution in [0.4, 0.5) is 4.79 Å². The molecule has 1 aromatic heterocycles. The lowest BCUT2D eigenvalue weighted by Gasteiger charge is -2.20. The maximum atomic E-state index is 11.8. The van der Waals surface area contributed by atoms with E-state index in [2.05, 4.69) is 24.9 Å². The molecule has 0 radical (unpaired) electrons. The van der Waals surface area contributed by atoms with Crippen LogP contribution in [-0.4, -0.2) is 35.7 Å². The van der Waals surface area contributed by atoms with E-state index < -0.39 is 0 Å². The van der Waals surface area contributed by atoms with Crippen LogP contribution in [0, 0.1) is 0 Å². The molecule has 0 aliphatic heterocycles. The van der Waals surface area contributed by atoms with Crippen molar-refractivity contribution in [3.05, 3.63) is 34.5 Å². The van der Waals surface area contributed by atoms with E-state index in [0.29, 0.717) is 19.6 Å². The highest BCUT2D eigenvalue weighted by Crippen LogP contribution is 2.16. The van der Waals surface area contributed by atoms with Gasteiger partial charge >= 0.3 is 6.03 Å². The number of aliphatic hydroxyl groups is 1. The van der Waals surface area contributed by atoms with Crippen molar-refractivity contribution < 1.29 is 9.90 Å². The van der Waals surface area contributed by atoms with Crippen LogP contribution in [0.1, 0.15) is 16.7 Å². The van der Waals surface area contributed by atoms with Gasteiger partial charge in [-0.15, -0.1) is 17.9 Å². The van der Waals surface area contributed by atoms with E-state index in [-0.39, 0.29) is 12.6 Å². The molecule has 100 valence electrons. The fourth-order valence-electron chi connectivity index (χ4n) is 1.53. The first-order valence-electron chi connectivity index (χ1n) is 6.03. The van der Waals surface area contributed by atoms with Crippen LogP contribution < -0.4 is 5.32 Å². The van der Waals surface area contributed by atoms with Gasteiger partial charge in [0.2, 0.25) is 0 Å². The topological polar surface area (TPSA) is 52.6 Å². The van der Waals surface area contributed by atoms with E-state index in [0.717, 1.165) is 11.3 Å². The highest BCUT2D eigenvalue weighted by Gasteiger charge is 2.10. The lowest BCUT2D eigenvalue weighted by Crippen LogP contribution is -2.41.